The molecule has 0 radical (unpaired) electrons. The van der Waals surface area contributed by atoms with Gasteiger partial charge in [0, 0.05) is 6.20 Å². The van der Waals surface area contributed by atoms with Crippen LogP contribution < -0.4 is 11.2 Å². The molecule has 0 amide bonds. The van der Waals surface area contributed by atoms with E-state index in [1.165, 1.54) is 0 Å². The number of nitrogens with zero attached hydrogens (tertiary/aromatic N) is 3. The number of hydrogen-bond donors (Lipinski definition) is 2. The van der Waals surface area contributed by atoms with Gasteiger partial charge in [-0.25, -0.2) is 4.79 Å². The molecule has 3 heterocycles. The van der Waals surface area contributed by atoms with Crippen molar-refractivity contribution in [3.8, 4) is 0 Å². The molecule has 92 valence electrons. The third-order valence-electron chi connectivity index (χ3n) is 3.08. The maximum absolute atomic E-state index is 11.8. The second-order valence-corrected chi connectivity index (χ2v) is 4.20. The molecule has 7 nitrogen and oxygen atoms in total. The summed E-state index contributed by atoms with van der Waals surface area (Å²) in [6.45, 7) is 0. The number of aromatic amines is 2. The van der Waals surface area contributed by atoms with Crippen LogP contribution in [0.4, 0.5) is 0 Å². The van der Waals surface area contributed by atoms with Crippen LogP contribution in [0.2, 0.25) is 0 Å². The van der Waals surface area contributed by atoms with Gasteiger partial charge in [-0.15, -0.1) is 0 Å². The van der Waals surface area contributed by atoms with E-state index in [9.17, 15) is 9.59 Å². The SMILES string of the molecule is O=c1nc2c(cn3c4ccccc4[nH]nc23)c(=O)[nH]1. The van der Waals surface area contributed by atoms with Gasteiger partial charge in [0.15, 0.2) is 5.65 Å². The Morgan fingerprint density at radius 1 is 1.16 bits per heavy atom. The standard InChI is InChI=1S/C12H7N5O2/c18-11-6-5-17-8-4-2-1-3-7(8)15-16-10(17)9(6)13-12(19)14-11/h1-5,15H,(H,14,18,19). The molecule has 7 heteroatoms. The molecule has 0 aliphatic carbocycles. The molecule has 0 aliphatic heterocycles. The minimum absolute atomic E-state index is 0.302. The number of fused-ring (bicyclic) bond motifs is 5. The molecule has 3 aromatic heterocycles. The Bertz CT molecular complexity index is 1060. The minimum atomic E-state index is -0.666. The second-order valence-electron chi connectivity index (χ2n) is 4.20. The van der Waals surface area contributed by atoms with Crippen molar-refractivity contribution in [1.82, 2.24) is 24.6 Å². The van der Waals surface area contributed by atoms with Crippen molar-refractivity contribution >= 4 is 27.6 Å². The topological polar surface area (TPSA) is 95.9 Å². The summed E-state index contributed by atoms with van der Waals surface area (Å²) in [6, 6.07) is 7.54. The van der Waals surface area contributed by atoms with Crippen molar-refractivity contribution in [2.24, 2.45) is 0 Å². The van der Waals surface area contributed by atoms with Crippen LogP contribution in [-0.2, 0) is 0 Å². The molecule has 0 fully saturated rings. The van der Waals surface area contributed by atoms with Gasteiger partial charge in [0.1, 0.15) is 5.52 Å². The second kappa shape index (κ2) is 3.29. The van der Waals surface area contributed by atoms with Gasteiger partial charge < -0.3 is 0 Å². The molecular formula is C12H7N5O2. The van der Waals surface area contributed by atoms with Crippen molar-refractivity contribution < 1.29 is 0 Å². The number of rotatable bonds is 0. The Kier molecular flexibility index (Phi) is 1.73. The lowest BCUT2D eigenvalue weighted by molar-refractivity contribution is 1.04. The first kappa shape index (κ1) is 10.0. The Labute approximate surface area is 104 Å². The lowest BCUT2D eigenvalue weighted by Gasteiger charge is -2.00. The molecule has 4 aromatic rings. The molecule has 0 saturated heterocycles. The Hall–Kier alpha value is -2.96. The van der Waals surface area contributed by atoms with E-state index in [2.05, 4.69) is 20.2 Å². The Morgan fingerprint density at radius 3 is 2.89 bits per heavy atom. The van der Waals surface area contributed by atoms with Gasteiger partial charge in [0.25, 0.3) is 5.56 Å². The van der Waals surface area contributed by atoms with Gasteiger partial charge in [-0.05, 0) is 12.1 Å². The largest absolute Gasteiger partial charge is 0.348 e. The Balaban J connectivity index is 2.38. The summed E-state index contributed by atoms with van der Waals surface area (Å²) in [5, 5.41) is 7.39. The lowest BCUT2D eigenvalue weighted by Crippen LogP contribution is -2.21. The van der Waals surface area contributed by atoms with Gasteiger partial charge in [0.05, 0.1) is 16.4 Å². The average molecular weight is 253 g/mol. The van der Waals surface area contributed by atoms with Gasteiger partial charge in [-0.1, -0.05) is 12.1 Å². The fourth-order valence-electron chi connectivity index (χ4n) is 2.24. The van der Waals surface area contributed by atoms with Crippen LogP contribution in [0.25, 0.3) is 27.6 Å². The quantitative estimate of drug-likeness (QED) is 0.474. The maximum atomic E-state index is 11.8. The monoisotopic (exact) mass is 253 g/mol. The summed E-state index contributed by atoms with van der Waals surface area (Å²) < 4.78 is 1.75. The first-order chi connectivity index (χ1) is 9.24. The fraction of sp³-hybridized carbons (Fsp3) is 0. The fourth-order valence-corrected chi connectivity index (χ4v) is 2.24. The molecule has 1 aromatic carbocycles. The predicted molar refractivity (Wildman–Crippen MR) is 69.2 cm³/mol. The molecule has 19 heavy (non-hydrogen) atoms. The zero-order valence-electron chi connectivity index (χ0n) is 9.54. The van der Waals surface area contributed by atoms with Crippen molar-refractivity contribution in [1.29, 1.82) is 0 Å². The highest BCUT2D eigenvalue weighted by Crippen LogP contribution is 2.18. The summed E-state index contributed by atoms with van der Waals surface area (Å²) in [7, 11) is 0. The van der Waals surface area contributed by atoms with Gasteiger partial charge >= 0.3 is 5.69 Å². The molecular weight excluding hydrogens is 246 g/mol. The van der Waals surface area contributed by atoms with Crippen LogP contribution in [-0.4, -0.2) is 24.6 Å². The van der Waals surface area contributed by atoms with Crippen molar-refractivity contribution in [3.05, 3.63) is 51.3 Å². The third kappa shape index (κ3) is 1.26. The first-order valence-electron chi connectivity index (χ1n) is 5.62. The highest BCUT2D eigenvalue weighted by molar-refractivity contribution is 5.93. The zero-order chi connectivity index (χ0) is 13.0. The summed E-state index contributed by atoms with van der Waals surface area (Å²) in [4.78, 5) is 29.0. The highest BCUT2D eigenvalue weighted by atomic mass is 16.2. The predicted octanol–water partition coefficient (Wildman–Crippen LogP) is 0.412. The highest BCUT2D eigenvalue weighted by Gasteiger charge is 2.12. The van der Waals surface area contributed by atoms with Crippen LogP contribution >= 0.6 is 0 Å². The summed E-state index contributed by atoms with van der Waals surface area (Å²) in [5.74, 6) is 0. The van der Waals surface area contributed by atoms with Crippen molar-refractivity contribution in [3.63, 3.8) is 0 Å². The number of hydrogen-bond acceptors (Lipinski definition) is 4. The van der Waals surface area contributed by atoms with E-state index >= 15 is 0 Å². The van der Waals surface area contributed by atoms with Gasteiger partial charge in [-0.2, -0.15) is 10.1 Å². The van der Waals surface area contributed by atoms with E-state index in [0.29, 0.717) is 16.6 Å². The molecule has 0 aliphatic rings. The maximum Gasteiger partial charge on any atom is 0.348 e. The van der Waals surface area contributed by atoms with Crippen LogP contribution in [0.5, 0.6) is 0 Å². The molecule has 0 saturated carbocycles. The molecule has 0 bridgehead atoms. The van der Waals surface area contributed by atoms with E-state index in [1.54, 1.807) is 10.6 Å². The van der Waals surface area contributed by atoms with E-state index in [1.807, 2.05) is 24.3 Å². The van der Waals surface area contributed by atoms with Gasteiger partial charge in [-0.3, -0.25) is 19.3 Å². The smallest absolute Gasteiger partial charge is 0.296 e. The average Bonchev–Trinajstić information content (AvgIpc) is 2.78. The van der Waals surface area contributed by atoms with E-state index in [4.69, 9.17) is 0 Å². The lowest BCUT2D eigenvalue weighted by atomic mass is 10.3. The Morgan fingerprint density at radius 2 is 2.00 bits per heavy atom. The van der Waals surface area contributed by atoms with E-state index < -0.39 is 11.2 Å². The van der Waals surface area contributed by atoms with Crippen LogP contribution in [0.3, 0.4) is 0 Å². The molecule has 4 rings (SSSR count). The van der Waals surface area contributed by atoms with E-state index in [-0.39, 0.29) is 0 Å². The summed E-state index contributed by atoms with van der Waals surface area (Å²) in [6.07, 6.45) is 1.64. The zero-order valence-corrected chi connectivity index (χ0v) is 9.54. The molecule has 0 spiro atoms. The van der Waals surface area contributed by atoms with Gasteiger partial charge in [0.2, 0.25) is 0 Å². The van der Waals surface area contributed by atoms with Crippen molar-refractivity contribution in [2.45, 2.75) is 0 Å². The number of nitrogens with one attached hydrogen (secondary N) is 2. The number of para-hydroxylation sites is 2. The van der Waals surface area contributed by atoms with E-state index in [0.717, 1.165) is 11.0 Å². The van der Waals surface area contributed by atoms with Crippen LogP contribution in [0.15, 0.2) is 40.1 Å². The molecule has 2 N–H and O–H groups in total. The van der Waals surface area contributed by atoms with Crippen molar-refractivity contribution in [2.75, 3.05) is 0 Å². The number of benzene rings is 1. The first-order valence-corrected chi connectivity index (χ1v) is 5.62. The summed E-state index contributed by atoms with van der Waals surface area (Å²) >= 11 is 0. The number of H-pyrrole nitrogens is 2. The van der Waals surface area contributed by atoms with Crippen LogP contribution in [0.1, 0.15) is 0 Å². The molecule has 0 atom stereocenters. The number of aromatic nitrogens is 5. The summed E-state index contributed by atoms with van der Waals surface area (Å²) in [5.41, 5.74) is 1.32. The normalized spacial score (nSPS) is 11.6. The minimum Gasteiger partial charge on any atom is -0.296 e. The van der Waals surface area contributed by atoms with Crippen LogP contribution in [0, 0.1) is 0 Å². The molecule has 0 unspecified atom stereocenters. The third-order valence-corrected chi connectivity index (χ3v) is 3.08.